The average Bonchev–Trinajstić information content (AvgIpc) is 2.95. The smallest absolute Gasteiger partial charge is 0.225 e. The summed E-state index contributed by atoms with van der Waals surface area (Å²) in [6.07, 6.45) is 2.34. The van der Waals surface area contributed by atoms with Gasteiger partial charge in [0.15, 0.2) is 8.68 Å². The van der Waals surface area contributed by atoms with E-state index in [0.717, 1.165) is 8.68 Å². The first kappa shape index (κ1) is 15.8. The molecular formula is C13H12N4OS3. The summed E-state index contributed by atoms with van der Waals surface area (Å²) in [6, 6.07) is 8.90. The zero-order chi connectivity index (χ0) is 15.1. The molecule has 0 saturated heterocycles. The Morgan fingerprint density at radius 3 is 2.95 bits per heavy atom. The maximum atomic E-state index is 11.8. The second-order valence-corrected chi connectivity index (χ2v) is 7.25. The van der Waals surface area contributed by atoms with Crippen LogP contribution < -0.4 is 5.32 Å². The van der Waals surface area contributed by atoms with Gasteiger partial charge in [-0.15, -0.1) is 10.2 Å². The summed E-state index contributed by atoms with van der Waals surface area (Å²) in [5.74, 6) is 0.569. The Labute approximate surface area is 135 Å². The zero-order valence-electron chi connectivity index (χ0n) is 11.2. The number of amides is 1. The highest BCUT2D eigenvalue weighted by atomic mass is 32.2. The predicted molar refractivity (Wildman–Crippen MR) is 86.8 cm³/mol. The molecule has 1 heterocycles. The van der Waals surface area contributed by atoms with Crippen molar-refractivity contribution >= 4 is 46.5 Å². The topological polar surface area (TPSA) is 78.7 Å². The molecule has 0 aliphatic carbocycles. The lowest BCUT2D eigenvalue weighted by molar-refractivity contribution is -0.115. The van der Waals surface area contributed by atoms with Gasteiger partial charge in [0.1, 0.15) is 0 Å². The fraction of sp³-hybridized carbons (Fsp3) is 0.231. The van der Waals surface area contributed by atoms with Gasteiger partial charge in [0.25, 0.3) is 0 Å². The molecule has 1 amide bonds. The lowest BCUT2D eigenvalue weighted by Gasteiger charge is -2.04. The number of nitrogens with zero attached hydrogens (tertiary/aromatic N) is 3. The van der Waals surface area contributed by atoms with Gasteiger partial charge >= 0.3 is 0 Å². The molecule has 108 valence electrons. The molecule has 5 nitrogen and oxygen atoms in total. The molecule has 0 bridgehead atoms. The summed E-state index contributed by atoms with van der Waals surface area (Å²) in [5.41, 5.74) is 1.17. The second-order valence-electron chi connectivity index (χ2n) is 3.88. The molecule has 0 unspecified atom stereocenters. The quantitative estimate of drug-likeness (QED) is 0.816. The third-order valence-electron chi connectivity index (χ3n) is 2.39. The molecule has 0 aliphatic heterocycles. The number of aromatic nitrogens is 2. The van der Waals surface area contributed by atoms with Gasteiger partial charge < -0.3 is 5.32 Å². The van der Waals surface area contributed by atoms with Gasteiger partial charge in [-0.05, 0) is 24.5 Å². The van der Waals surface area contributed by atoms with Crippen LogP contribution in [0.2, 0.25) is 0 Å². The highest BCUT2D eigenvalue weighted by Crippen LogP contribution is 2.27. The van der Waals surface area contributed by atoms with Crippen LogP contribution in [0.3, 0.4) is 0 Å². The van der Waals surface area contributed by atoms with Crippen LogP contribution in [0, 0.1) is 11.3 Å². The minimum absolute atomic E-state index is 0.0767. The van der Waals surface area contributed by atoms with Crippen LogP contribution >= 0.6 is 34.9 Å². The number of rotatable bonds is 6. The van der Waals surface area contributed by atoms with E-state index < -0.39 is 0 Å². The van der Waals surface area contributed by atoms with Crippen molar-refractivity contribution in [2.75, 3.05) is 17.3 Å². The Kier molecular flexibility index (Phi) is 6.04. The molecular weight excluding hydrogens is 324 g/mol. The van der Waals surface area contributed by atoms with E-state index in [1.165, 1.54) is 23.1 Å². The molecule has 1 N–H and O–H groups in total. The van der Waals surface area contributed by atoms with E-state index in [9.17, 15) is 4.79 Å². The number of carbonyl (C=O) groups is 1. The molecule has 0 spiro atoms. The predicted octanol–water partition coefficient (Wildman–Crippen LogP) is 3.25. The van der Waals surface area contributed by atoms with Gasteiger partial charge in [0, 0.05) is 17.9 Å². The lowest BCUT2D eigenvalue weighted by Crippen LogP contribution is -2.12. The highest BCUT2D eigenvalue weighted by molar-refractivity contribution is 8.02. The number of anilines is 1. The number of hydrogen-bond donors (Lipinski definition) is 1. The van der Waals surface area contributed by atoms with E-state index in [1.807, 2.05) is 12.3 Å². The summed E-state index contributed by atoms with van der Waals surface area (Å²) < 4.78 is 1.80. The molecule has 0 atom stereocenters. The van der Waals surface area contributed by atoms with Crippen LogP contribution in [0.4, 0.5) is 5.69 Å². The number of nitrogens with one attached hydrogen (secondary N) is 1. The number of nitriles is 1. The van der Waals surface area contributed by atoms with Crippen LogP contribution in [-0.4, -0.2) is 28.1 Å². The molecule has 0 saturated carbocycles. The normalized spacial score (nSPS) is 10.1. The molecule has 2 rings (SSSR count). The van der Waals surface area contributed by atoms with Gasteiger partial charge in [-0.3, -0.25) is 4.79 Å². The Morgan fingerprint density at radius 1 is 1.43 bits per heavy atom. The number of carbonyl (C=O) groups excluding carboxylic acids is 1. The summed E-state index contributed by atoms with van der Waals surface area (Å²) in [4.78, 5) is 11.8. The van der Waals surface area contributed by atoms with Gasteiger partial charge in [-0.2, -0.15) is 5.26 Å². The third kappa shape index (κ3) is 5.04. The fourth-order valence-electron chi connectivity index (χ4n) is 1.46. The molecule has 0 radical (unpaired) electrons. The van der Waals surface area contributed by atoms with Crippen molar-refractivity contribution in [1.82, 2.24) is 10.2 Å². The number of hydrogen-bond acceptors (Lipinski definition) is 7. The molecule has 0 fully saturated rings. The summed E-state index contributed by atoms with van der Waals surface area (Å²) >= 11 is 4.61. The summed E-state index contributed by atoms with van der Waals surface area (Å²) in [5, 5.41) is 19.6. The number of thioether (sulfide) groups is 2. The Hall–Kier alpha value is -1.56. The van der Waals surface area contributed by atoms with Gasteiger partial charge in [0.2, 0.25) is 5.91 Å². The van der Waals surface area contributed by atoms with E-state index in [0.29, 0.717) is 23.4 Å². The minimum atomic E-state index is -0.0767. The molecule has 21 heavy (non-hydrogen) atoms. The van der Waals surface area contributed by atoms with E-state index in [4.69, 9.17) is 5.26 Å². The van der Waals surface area contributed by atoms with Crippen LogP contribution in [0.15, 0.2) is 32.9 Å². The first-order valence-electron chi connectivity index (χ1n) is 6.01. The van der Waals surface area contributed by atoms with Crippen molar-refractivity contribution in [3.05, 3.63) is 29.8 Å². The lowest BCUT2D eigenvalue weighted by atomic mass is 10.2. The van der Waals surface area contributed by atoms with Crippen LogP contribution in [-0.2, 0) is 4.79 Å². The van der Waals surface area contributed by atoms with Gasteiger partial charge in [0.05, 0.1) is 11.6 Å². The average molecular weight is 336 g/mol. The fourth-order valence-corrected chi connectivity index (χ4v) is 3.91. The Balaban J connectivity index is 1.78. The van der Waals surface area contributed by atoms with E-state index in [2.05, 4.69) is 15.5 Å². The minimum Gasteiger partial charge on any atom is -0.326 e. The van der Waals surface area contributed by atoms with E-state index >= 15 is 0 Å². The van der Waals surface area contributed by atoms with E-state index in [-0.39, 0.29) is 5.91 Å². The SMILES string of the molecule is CSc1nnc(SCCC(=O)Nc2cccc(C#N)c2)s1. The molecule has 0 aliphatic rings. The van der Waals surface area contributed by atoms with Crippen molar-refractivity contribution in [2.45, 2.75) is 15.1 Å². The van der Waals surface area contributed by atoms with Crippen LogP contribution in [0.1, 0.15) is 12.0 Å². The first-order valence-corrected chi connectivity index (χ1v) is 9.04. The molecule has 8 heteroatoms. The molecule has 1 aromatic heterocycles. The van der Waals surface area contributed by atoms with Crippen LogP contribution in [0.5, 0.6) is 0 Å². The van der Waals surface area contributed by atoms with Gasteiger partial charge in [-0.25, -0.2) is 0 Å². The first-order chi connectivity index (χ1) is 10.2. The van der Waals surface area contributed by atoms with E-state index in [1.54, 1.807) is 36.0 Å². The van der Waals surface area contributed by atoms with Crippen LogP contribution in [0.25, 0.3) is 0 Å². The number of benzene rings is 1. The second kappa shape index (κ2) is 8.02. The highest BCUT2D eigenvalue weighted by Gasteiger charge is 2.07. The summed E-state index contributed by atoms with van der Waals surface area (Å²) in [6.45, 7) is 0. The standard InChI is InChI=1S/C13H12N4OS3/c1-19-12-16-17-13(21-12)20-6-5-11(18)15-10-4-2-3-9(7-10)8-14/h2-4,7H,5-6H2,1H3,(H,15,18). The van der Waals surface area contributed by atoms with Crippen molar-refractivity contribution in [1.29, 1.82) is 5.26 Å². The van der Waals surface area contributed by atoms with Crippen molar-refractivity contribution in [3.63, 3.8) is 0 Å². The summed E-state index contributed by atoms with van der Waals surface area (Å²) in [7, 11) is 0. The maximum absolute atomic E-state index is 11.8. The van der Waals surface area contributed by atoms with Crippen molar-refractivity contribution < 1.29 is 4.79 Å². The largest absolute Gasteiger partial charge is 0.326 e. The molecule has 1 aromatic carbocycles. The Morgan fingerprint density at radius 2 is 2.24 bits per heavy atom. The van der Waals surface area contributed by atoms with Crippen molar-refractivity contribution in [3.8, 4) is 6.07 Å². The maximum Gasteiger partial charge on any atom is 0.225 e. The Bertz CT molecular complexity index is 665. The van der Waals surface area contributed by atoms with Crippen molar-refractivity contribution in [2.24, 2.45) is 0 Å². The van der Waals surface area contributed by atoms with Gasteiger partial charge in [-0.1, -0.05) is 40.9 Å². The monoisotopic (exact) mass is 336 g/mol. The zero-order valence-corrected chi connectivity index (χ0v) is 13.6. The molecule has 2 aromatic rings. The third-order valence-corrected chi connectivity index (χ3v) is 5.43.